The number of piperidine rings is 1. The van der Waals surface area contributed by atoms with Crippen molar-refractivity contribution in [3.63, 3.8) is 0 Å². The smallest absolute Gasteiger partial charge is 0.811 e. The molecule has 90 valence electrons. The molecule has 4 atom stereocenters. The minimum atomic E-state index is -4.59. The van der Waals surface area contributed by atoms with Gasteiger partial charge in [0.15, 0.2) is 0 Å². The molecule has 0 saturated carbocycles. The second-order valence-corrected chi connectivity index (χ2v) is 5.36. The van der Waals surface area contributed by atoms with E-state index in [9.17, 15) is 24.6 Å². The number of rotatable bonds is 3. The van der Waals surface area contributed by atoms with Crippen LogP contribution in [0.1, 0.15) is 6.42 Å². The van der Waals surface area contributed by atoms with E-state index in [-0.39, 0.29) is 72.1 Å². The van der Waals surface area contributed by atoms with E-state index in [4.69, 9.17) is 5.11 Å². The van der Waals surface area contributed by atoms with Gasteiger partial charge in [0, 0.05) is 12.6 Å². The molecule has 0 aromatic carbocycles. The molecule has 1 aliphatic rings. The van der Waals surface area contributed by atoms with Crippen LogP contribution in [0.5, 0.6) is 0 Å². The van der Waals surface area contributed by atoms with E-state index in [0.29, 0.717) is 0 Å². The van der Waals surface area contributed by atoms with Crippen LogP contribution in [-0.4, -0.2) is 52.4 Å². The Kier molecular flexibility index (Phi) is 11.3. The average molecular weight is 285 g/mol. The molecule has 4 unspecified atom stereocenters. The summed E-state index contributed by atoms with van der Waals surface area (Å²) in [7, 11) is -4.59. The summed E-state index contributed by atoms with van der Waals surface area (Å²) >= 11 is 0. The molecule has 0 aromatic heterocycles. The van der Waals surface area contributed by atoms with Gasteiger partial charge in [0.1, 0.15) is 6.10 Å². The number of hydrogen-bond donors (Lipinski definition) is 4. The molecule has 1 aliphatic heterocycles. The molecule has 0 spiro atoms. The number of aliphatic hydroxyl groups is 3. The number of nitrogens with one attached hydrogen (secondary N) is 1. The van der Waals surface area contributed by atoms with Crippen molar-refractivity contribution in [2.75, 3.05) is 12.7 Å². The Hall–Kier alpha value is 1.99. The van der Waals surface area contributed by atoms with Gasteiger partial charge in [-0.1, -0.05) is 7.60 Å². The Morgan fingerprint density at radius 3 is 2.18 bits per heavy atom. The molecular formula is C7H14NNa2O6P. The molecule has 0 aromatic rings. The van der Waals surface area contributed by atoms with Crippen LogP contribution in [0, 0.1) is 0 Å². The predicted octanol–water partition coefficient (Wildman–Crippen LogP) is -9.65. The first kappa shape index (κ1) is 21.3. The minimum Gasteiger partial charge on any atom is -0.811 e. The van der Waals surface area contributed by atoms with Crippen LogP contribution in [0.3, 0.4) is 0 Å². The summed E-state index contributed by atoms with van der Waals surface area (Å²) in [6.45, 7) is 0.0604. The van der Waals surface area contributed by atoms with Gasteiger partial charge in [-0.05, 0) is 12.6 Å². The molecule has 7 nitrogen and oxygen atoms in total. The summed E-state index contributed by atoms with van der Waals surface area (Å²) in [6.07, 6.45) is -4.31. The van der Waals surface area contributed by atoms with E-state index >= 15 is 0 Å². The van der Waals surface area contributed by atoms with Crippen LogP contribution in [0.4, 0.5) is 0 Å². The summed E-state index contributed by atoms with van der Waals surface area (Å²) < 4.78 is 10.4. The predicted molar refractivity (Wildman–Crippen MR) is 46.9 cm³/mol. The van der Waals surface area contributed by atoms with Crippen LogP contribution in [-0.2, 0) is 4.57 Å². The van der Waals surface area contributed by atoms with Crippen molar-refractivity contribution < 1.29 is 88.8 Å². The first-order chi connectivity index (χ1) is 6.81. The molecular weight excluding hydrogens is 271 g/mol. The maximum atomic E-state index is 10.4. The van der Waals surface area contributed by atoms with Crippen molar-refractivity contribution in [1.29, 1.82) is 0 Å². The van der Waals surface area contributed by atoms with E-state index in [2.05, 4.69) is 5.32 Å². The Morgan fingerprint density at radius 2 is 1.71 bits per heavy atom. The van der Waals surface area contributed by atoms with Crippen LogP contribution >= 0.6 is 7.60 Å². The number of aliphatic hydroxyl groups excluding tert-OH is 3. The van der Waals surface area contributed by atoms with Crippen LogP contribution in [0.2, 0.25) is 0 Å². The van der Waals surface area contributed by atoms with Gasteiger partial charge < -0.3 is 35.0 Å². The second kappa shape index (κ2) is 9.02. The molecule has 1 rings (SSSR count). The van der Waals surface area contributed by atoms with Gasteiger partial charge in [0.05, 0.1) is 12.2 Å². The summed E-state index contributed by atoms with van der Waals surface area (Å²) in [4.78, 5) is 20.8. The van der Waals surface area contributed by atoms with Crippen molar-refractivity contribution in [3.8, 4) is 0 Å². The van der Waals surface area contributed by atoms with Crippen molar-refractivity contribution in [3.05, 3.63) is 0 Å². The third-order valence-corrected chi connectivity index (χ3v) is 3.27. The first-order valence-corrected chi connectivity index (χ1v) is 6.33. The third kappa shape index (κ3) is 7.37. The van der Waals surface area contributed by atoms with Gasteiger partial charge in [0.2, 0.25) is 0 Å². The minimum absolute atomic E-state index is 0. The average Bonchev–Trinajstić information content (AvgIpc) is 2.12. The van der Waals surface area contributed by atoms with Gasteiger partial charge in [-0.15, -0.1) is 0 Å². The van der Waals surface area contributed by atoms with Crippen molar-refractivity contribution in [1.82, 2.24) is 5.32 Å². The molecule has 4 N–H and O–H groups in total. The summed E-state index contributed by atoms with van der Waals surface area (Å²) in [5, 5.41) is 30.5. The largest absolute Gasteiger partial charge is 1.00 e. The van der Waals surface area contributed by atoms with Crippen LogP contribution < -0.4 is 74.2 Å². The Labute approximate surface area is 144 Å². The normalized spacial score (nSPS) is 33.5. The molecule has 1 saturated heterocycles. The van der Waals surface area contributed by atoms with Crippen molar-refractivity contribution in [2.45, 2.75) is 30.8 Å². The van der Waals surface area contributed by atoms with Crippen LogP contribution in [0.15, 0.2) is 0 Å². The Balaban J connectivity index is 0. The van der Waals surface area contributed by atoms with E-state index in [1.807, 2.05) is 0 Å². The standard InChI is InChI=1S/C7H16NO6P.2Na/c9-5-3-8-4(6(10)7(5)11)1-2-15(12,13)14;;/h4-11H,1-3H2,(H2,12,13,14);;/q;2*+1/p-2. The van der Waals surface area contributed by atoms with Gasteiger partial charge >= 0.3 is 59.1 Å². The number of hydrogen-bond acceptors (Lipinski definition) is 7. The Morgan fingerprint density at radius 1 is 1.18 bits per heavy atom. The van der Waals surface area contributed by atoms with Gasteiger partial charge in [0.25, 0.3) is 0 Å². The fourth-order valence-corrected chi connectivity index (χ4v) is 2.14. The van der Waals surface area contributed by atoms with Crippen LogP contribution in [0.25, 0.3) is 0 Å². The van der Waals surface area contributed by atoms with Gasteiger partial charge in [-0.2, -0.15) is 0 Å². The zero-order valence-electron chi connectivity index (χ0n) is 9.94. The molecule has 0 bridgehead atoms. The van der Waals surface area contributed by atoms with Crippen molar-refractivity contribution in [2.24, 2.45) is 0 Å². The first-order valence-electron chi connectivity index (χ1n) is 4.60. The zero-order chi connectivity index (χ0) is 11.6. The SMILES string of the molecule is O=P([O-])([O-])CCC1NCC(O)C(O)C1O.[Na+].[Na+]. The fourth-order valence-electron chi connectivity index (χ4n) is 1.55. The molecule has 17 heavy (non-hydrogen) atoms. The third-order valence-electron chi connectivity index (χ3n) is 2.46. The quantitative estimate of drug-likeness (QED) is 0.298. The molecule has 0 aliphatic carbocycles. The molecule has 1 heterocycles. The topological polar surface area (TPSA) is 136 Å². The molecule has 0 amide bonds. The maximum Gasteiger partial charge on any atom is 1.00 e. The van der Waals surface area contributed by atoms with E-state index < -0.39 is 38.1 Å². The summed E-state index contributed by atoms with van der Waals surface area (Å²) in [6, 6.07) is -0.681. The molecule has 10 heteroatoms. The molecule has 1 fully saturated rings. The monoisotopic (exact) mass is 285 g/mol. The fraction of sp³-hybridized carbons (Fsp3) is 1.00. The summed E-state index contributed by atoms with van der Waals surface area (Å²) in [5.74, 6) is 0. The zero-order valence-corrected chi connectivity index (χ0v) is 14.8. The summed E-state index contributed by atoms with van der Waals surface area (Å²) in [5.41, 5.74) is 0. The van der Waals surface area contributed by atoms with E-state index in [0.717, 1.165) is 0 Å². The van der Waals surface area contributed by atoms with E-state index in [1.54, 1.807) is 0 Å². The number of β-amino-alcohol motifs (C(OH)–C–C–N with tert-alkyl or cyclic N) is 1. The van der Waals surface area contributed by atoms with Crippen molar-refractivity contribution >= 4 is 7.60 Å². The van der Waals surface area contributed by atoms with Gasteiger partial charge in [-0.3, -0.25) is 0 Å². The Bertz CT molecular complexity index is 265. The van der Waals surface area contributed by atoms with Gasteiger partial charge in [-0.25, -0.2) is 0 Å². The maximum absolute atomic E-state index is 10.4. The second-order valence-electron chi connectivity index (χ2n) is 3.69. The van der Waals surface area contributed by atoms with E-state index in [1.165, 1.54) is 0 Å². The molecule has 0 radical (unpaired) electrons.